The summed E-state index contributed by atoms with van der Waals surface area (Å²) in [7, 11) is 0. The molecule has 0 aliphatic heterocycles. The zero-order chi connectivity index (χ0) is 13.9. The number of benzene rings is 2. The fraction of sp³-hybridized carbons (Fsp3) is 0.0667. The number of hydrogen-bond donors (Lipinski definition) is 2. The van der Waals surface area contributed by atoms with Gasteiger partial charge in [0, 0.05) is 12.1 Å². The molecule has 5 nitrogen and oxygen atoms in total. The second-order valence-electron chi connectivity index (χ2n) is 4.43. The zero-order valence-corrected chi connectivity index (χ0v) is 10.8. The molecule has 1 heterocycles. The highest BCUT2D eigenvalue weighted by atomic mass is 16.1. The van der Waals surface area contributed by atoms with E-state index < -0.39 is 0 Å². The van der Waals surface area contributed by atoms with Crippen LogP contribution in [0.3, 0.4) is 0 Å². The minimum Gasteiger partial charge on any atom is -0.326 e. The van der Waals surface area contributed by atoms with E-state index in [-0.39, 0.29) is 5.69 Å². The molecular formula is C15H14N4O. The molecule has 0 saturated carbocycles. The van der Waals surface area contributed by atoms with Gasteiger partial charge in [-0.3, -0.25) is 4.98 Å². The maximum atomic E-state index is 12.0. The van der Waals surface area contributed by atoms with Gasteiger partial charge in [0.15, 0.2) is 5.82 Å². The summed E-state index contributed by atoms with van der Waals surface area (Å²) in [5.41, 5.74) is 7.94. The number of nitrogens with zero attached hydrogens (tertiary/aromatic N) is 2. The highest BCUT2D eigenvalue weighted by Crippen LogP contribution is 2.15. The van der Waals surface area contributed by atoms with Crippen molar-refractivity contribution in [3.8, 4) is 17.1 Å². The molecule has 0 radical (unpaired) electrons. The van der Waals surface area contributed by atoms with Gasteiger partial charge in [-0.05, 0) is 23.8 Å². The van der Waals surface area contributed by atoms with Crippen molar-refractivity contribution in [3.63, 3.8) is 0 Å². The SMILES string of the molecule is NCc1cccc(-c2nn(-c3ccccc3)c(=O)[nH]2)c1. The smallest absolute Gasteiger partial charge is 0.326 e. The Hall–Kier alpha value is -2.66. The normalized spacial score (nSPS) is 10.7. The van der Waals surface area contributed by atoms with Crippen LogP contribution < -0.4 is 11.4 Å². The van der Waals surface area contributed by atoms with E-state index in [1.54, 1.807) is 0 Å². The minimum absolute atomic E-state index is 0.260. The van der Waals surface area contributed by atoms with Gasteiger partial charge in [0.1, 0.15) is 0 Å². The Morgan fingerprint density at radius 1 is 1.10 bits per heavy atom. The number of H-pyrrole nitrogens is 1. The second-order valence-corrected chi connectivity index (χ2v) is 4.43. The molecule has 0 saturated heterocycles. The molecule has 0 amide bonds. The lowest BCUT2D eigenvalue weighted by molar-refractivity contribution is 0.845. The van der Waals surface area contributed by atoms with E-state index in [4.69, 9.17) is 5.73 Å². The Morgan fingerprint density at radius 2 is 1.90 bits per heavy atom. The van der Waals surface area contributed by atoms with E-state index in [1.807, 2.05) is 54.6 Å². The van der Waals surface area contributed by atoms with Crippen LogP contribution in [0.2, 0.25) is 0 Å². The highest BCUT2D eigenvalue weighted by Gasteiger charge is 2.08. The Kier molecular flexibility index (Phi) is 3.18. The number of rotatable bonds is 3. The molecule has 0 aliphatic rings. The summed E-state index contributed by atoms with van der Waals surface area (Å²) >= 11 is 0. The molecule has 3 rings (SSSR count). The summed E-state index contributed by atoms with van der Waals surface area (Å²) in [6.45, 7) is 0.456. The van der Waals surface area contributed by atoms with Gasteiger partial charge < -0.3 is 5.73 Å². The Morgan fingerprint density at radius 3 is 2.65 bits per heavy atom. The second kappa shape index (κ2) is 5.14. The van der Waals surface area contributed by atoms with Crippen LogP contribution in [0.4, 0.5) is 0 Å². The fourth-order valence-corrected chi connectivity index (χ4v) is 2.04. The summed E-state index contributed by atoms with van der Waals surface area (Å²) in [4.78, 5) is 14.8. The van der Waals surface area contributed by atoms with Crippen molar-refractivity contribution in [2.45, 2.75) is 6.54 Å². The molecule has 20 heavy (non-hydrogen) atoms. The predicted molar refractivity (Wildman–Crippen MR) is 77.5 cm³/mol. The largest absolute Gasteiger partial charge is 0.348 e. The van der Waals surface area contributed by atoms with Crippen LogP contribution in [0.1, 0.15) is 5.56 Å². The highest BCUT2D eigenvalue weighted by molar-refractivity contribution is 5.55. The number of hydrogen-bond acceptors (Lipinski definition) is 3. The third-order valence-electron chi connectivity index (χ3n) is 3.05. The van der Waals surface area contributed by atoms with Crippen LogP contribution in [0.15, 0.2) is 59.4 Å². The van der Waals surface area contributed by atoms with Crippen LogP contribution in [-0.4, -0.2) is 14.8 Å². The number of nitrogens with one attached hydrogen (secondary N) is 1. The molecule has 3 aromatic rings. The number of aromatic nitrogens is 3. The first-order chi connectivity index (χ1) is 9.78. The molecule has 0 spiro atoms. The Bertz CT molecular complexity index is 774. The molecule has 0 fully saturated rings. The molecule has 0 unspecified atom stereocenters. The molecule has 2 aromatic carbocycles. The first kappa shape index (κ1) is 12.4. The fourth-order valence-electron chi connectivity index (χ4n) is 2.04. The first-order valence-electron chi connectivity index (χ1n) is 6.32. The third kappa shape index (κ3) is 2.26. The average Bonchev–Trinajstić information content (AvgIpc) is 2.90. The minimum atomic E-state index is -0.260. The van der Waals surface area contributed by atoms with E-state index >= 15 is 0 Å². The molecule has 5 heteroatoms. The summed E-state index contributed by atoms with van der Waals surface area (Å²) in [6, 6.07) is 17.0. The van der Waals surface area contributed by atoms with E-state index in [0.29, 0.717) is 12.4 Å². The van der Waals surface area contributed by atoms with Crippen LogP contribution in [-0.2, 0) is 6.54 Å². The maximum absolute atomic E-state index is 12.0. The molecule has 0 aliphatic carbocycles. The molecule has 0 atom stereocenters. The van der Waals surface area contributed by atoms with Crippen LogP contribution in [0.25, 0.3) is 17.1 Å². The maximum Gasteiger partial charge on any atom is 0.348 e. The number of nitrogens with two attached hydrogens (primary N) is 1. The zero-order valence-electron chi connectivity index (χ0n) is 10.8. The van der Waals surface area contributed by atoms with E-state index in [0.717, 1.165) is 16.8 Å². The van der Waals surface area contributed by atoms with Crippen molar-refractivity contribution < 1.29 is 0 Å². The lowest BCUT2D eigenvalue weighted by Crippen LogP contribution is -2.15. The first-order valence-corrected chi connectivity index (χ1v) is 6.32. The van der Waals surface area contributed by atoms with Gasteiger partial charge in [-0.1, -0.05) is 36.4 Å². The monoisotopic (exact) mass is 266 g/mol. The molecule has 100 valence electrons. The Labute approximate surface area is 115 Å². The van der Waals surface area contributed by atoms with Gasteiger partial charge in [0.25, 0.3) is 0 Å². The predicted octanol–water partition coefficient (Wildman–Crippen LogP) is 1.69. The average molecular weight is 266 g/mol. The van der Waals surface area contributed by atoms with Crippen molar-refractivity contribution in [2.24, 2.45) is 5.73 Å². The summed E-state index contributed by atoms with van der Waals surface area (Å²) in [5.74, 6) is 0.536. The lowest BCUT2D eigenvalue weighted by atomic mass is 10.1. The van der Waals surface area contributed by atoms with Crippen molar-refractivity contribution in [2.75, 3.05) is 0 Å². The van der Waals surface area contributed by atoms with Gasteiger partial charge >= 0.3 is 5.69 Å². The van der Waals surface area contributed by atoms with Gasteiger partial charge in [-0.15, -0.1) is 5.10 Å². The molecular weight excluding hydrogens is 252 g/mol. The quantitative estimate of drug-likeness (QED) is 0.757. The van der Waals surface area contributed by atoms with Crippen molar-refractivity contribution in [1.82, 2.24) is 14.8 Å². The summed E-state index contributed by atoms with van der Waals surface area (Å²) in [5, 5.41) is 4.33. The van der Waals surface area contributed by atoms with Gasteiger partial charge in [-0.25, -0.2) is 4.79 Å². The van der Waals surface area contributed by atoms with Crippen molar-refractivity contribution in [1.29, 1.82) is 0 Å². The molecule has 0 bridgehead atoms. The molecule has 1 aromatic heterocycles. The van der Waals surface area contributed by atoms with Gasteiger partial charge in [-0.2, -0.15) is 4.68 Å². The standard InChI is InChI=1S/C15H14N4O/c16-10-11-5-4-6-12(9-11)14-17-15(20)19(18-14)13-7-2-1-3-8-13/h1-9H,10,16H2,(H,17,18,20). The van der Waals surface area contributed by atoms with Crippen LogP contribution in [0.5, 0.6) is 0 Å². The van der Waals surface area contributed by atoms with Gasteiger partial charge in [0.05, 0.1) is 5.69 Å². The third-order valence-corrected chi connectivity index (χ3v) is 3.05. The van der Waals surface area contributed by atoms with Crippen molar-refractivity contribution >= 4 is 0 Å². The number of para-hydroxylation sites is 1. The summed E-state index contributed by atoms with van der Waals surface area (Å²) < 4.78 is 1.35. The van der Waals surface area contributed by atoms with E-state index in [9.17, 15) is 4.79 Å². The lowest BCUT2D eigenvalue weighted by Gasteiger charge is -2.00. The van der Waals surface area contributed by atoms with Crippen LogP contribution >= 0.6 is 0 Å². The Balaban J connectivity index is 2.07. The van der Waals surface area contributed by atoms with Gasteiger partial charge in [0.2, 0.25) is 0 Å². The topological polar surface area (TPSA) is 76.7 Å². The number of aromatic amines is 1. The molecule has 3 N–H and O–H groups in total. The van der Waals surface area contributed by atoms with Crippen LogP contribution in [0, 0.1) is 0 Å². The van der Waals surface area contributed by atoms with E-state index in [1.165, 1.54) is 4.68 Å². The van der Waals surface area contributed by atoms with Crippen molar-refractivity contribution in [3.05, 3.63) is 70.6 Å². The summed E-state index contributed by atoms with van der Waals surface area (Å²) in [6.07, 6.45) is 0. The van der Waals surface area contributed by atoms with E-state index in [2.05, 4.69) is 10.1 Å².